The van der Waals surface area contributed by atoms with Gasteiger partial charge >= 0.3 is 0 Å². The quantitative estimate of drug-likeness (QED) is 0.443. The van der Waals surface area contributed by atoms with Gasteiger partial charge in [-0.15, -0.1) is 22.7 Å². The molecule has 0 radical (unpaired) electrons. The number of fused-ring (bicyclic) bond motifs is 1. The van der Waals surface area contributed by atoms with E-state index in [2.05, 4.69) is 10.3 Å². The van der Waals surface area contributed by atoms with Gasteiger partial charge in [0, 0.05) is 22.4 Å². The zero-order valence-electron chi connectivity index (χ0n) is 15.5. The van der Waals surface area contributed by atoms with E-state index in [1.54, 1.807) is 23.5 Å². The lowest BCUT2D eigenvalue weighted by molar-refractivity contribution is -0.121. The van der Waals surface area contributed by atoms with Crippen LogP contribution in [0.15, 0.2) is 58.3 Å². The number of rotatable bonds is 7. The Kier molecular flexibility index (Phi) is 5.73. The monoisotopic (exact) mass is 425 g/mol. The molecule has 0 aliphatic rings. The number of phenols is 1. The van der Waals surface area contributed by atoms with Gasteiger partial charge in [0.25, 0.3) is 5.56 Å². The smallest absolute Gasteiger partial charge is 0.263 e. The third-order valence-corrected chi connectivity index (χ3v) is 6.35. The summed E-state index contributed by atoms with van der Waals surface area (Å²) >= 11 is 3.01. The standard InChI is InChI=1S/C21H19N3O3S2/c25-15-7-5-14(6-8-15)3-1-9-22-18(26)11-24-13-23-20-19(21(24)27)16(12-29-20)17-4-2-10-28-17/h2,4-8,10,12-13,25H,1,3,9,11H2,(H,22,26). The molecule has 3 aromatic heterocycles. The molecule has 2 N–H and O–H groups in total. The Labute approximate surface area is 175 Å². The Bertz CT molecular complexity index is 1180. The van der Waals surface area contributed by atoms with Crippen LogP contribution in [0.4, 0.5) is 0 Å². The molecule has 0 bridgehead atoms. The van der Waals surface area contributed by atoms with E-state index in [-0.39, 0.29) is 23.8 Å². The van der Waals surface area contributed by atoms with Gasteiger partial charge in [0.2, 0.25) is 5.91 Å². The van der Waals surface area contributed by atoms with Crippen molar-refractivity contribution in [1.82, 2.24) is 14.9 Å². The first kappa shape index (κ1) is 19.4. The number of aromatic nitrogens is 2. The molecule has 4 rings (SSSR count). The Balaban J connectivity index is 1.39. The lowest BCUT2D eigenvalue weighted by Gasteiger charge is -2.08. The number of hydrogen-bond acceptors (Lipinski definition) is 6. The maximum absolute atomic E-state index is 12.9. The van der Waals surface area contributed by atoms with E-state index < -0.39 is 0 Å². The second-order valence-corrected chi connectivity index (χ2v) is 8.41. The summed E-state index contributed by atoms with van der Waals surface area (Å²) < 4.78 is 1.36. The predicted octanol–water partition coefficient (Wildman–Crippen LogP) is 3.64. The van der Waals surface area contributed by atoms with Gasteiger partial charge in [0.1, 0.15) is 17.1 Å². The van der Waals surface area contributed by atoms with Gasteiger partial charge in [-0.25, -0.2) is 4.98 Å². The first-order valence-electron chi connectivity index (χ1n) is 9.17. The second kappa shape index (κ2) is 8.59. The van der Waals surface area contributed by atoms with Crippen LogP contribution in [0.2, 0.25) is 0 Å². The molecule has 0 saturated heterocycles. The van der Waals surface area contributed by atoms with Crippen LogP contribution in [0.1, 0.15) is 12.0 Å². The number of nitrogens with zero attached hydrogens (tertiary/aromatic N) is 2. The molecule has 1 aromatic carbocycles. The van der Waals surface area contributed by atoms with Crippen LogP contribution >= 0.6 is 22.7 Å². The van der Waals surface area contributed by atoms with E-state index in [1.807, 2.05) is 35.0 Å². The highest BCUT2D eigenvalue weighted by Crippen LogP contribution is 2.33. The Morgan fingerprint density at radius 3 is 2.76 bits per heavy atom. The van der Waals surface area contributed by atoms with Crippen molar-refractivity contribution < 1.29 is 9.90 Å². The zero-order valence-corrected chi connectivity index (χ0v) is 17.1. The lowest BCUT2D eigenvalue weighted by Crippen LogP contribution is -2.33. The van der Waals surface area contributed by atoms with Crippen LogP contribution in [0.25, 0.3) is 20.7 Å². The fourth-order valence-electron chi connectivity index (χ4n) is 3.09. The lowest BCUT2D eigenvalue weighted by atomic mass is 10.1. The number of aromatic hydroxyl groups is 1. The minimum atomic E-state index is -0.216. The van der Waals surface area contributed by atoms with Gasteiger partial charge in [-0.3, -0.25) is 14.2 Å². The summed E-state index contributed by atoms with van der Waals surface area (Å²) in [5.74, 6) is 0.0257. The molecule has 8 heteroatoms. The van der Waals surface area contributed by atoms with Crippen LogP contribution < -0.4 is 10.9 Å². The molecule has 3 heterocycles. The highest BCUT2D eigenvalue weighted by molar-refractivity contribution is 7.18. The average molecular weight is 426 g/mol. The largest absolute Gasteiger partial charge is 0.508 e. The molecular weight excluding hydrogens is 406 g/mol. The van der Waals surface area contributed by atoms with Crippen LogP contribution in [-0.2, 0) is 17.8 Å². The van der Waals surface area contributed by atoms with Crippen molar-refractivity contribution in [2.45, 2.75) is 19.4 Å². The molecule has 1 amide bonds. The summed E-state index contributed by atoms with van der Waals surface area (Å²) in [7, 11) is 0. The highest BCUT2D eigenvalue weighted by Gasteiger charge is 2.15. The van der Waals surface area contributed by atoms with E-state index in [0.29, 0.717) is 16.8 Å². The van der Waals surface area contributed by atoms with E-state index in [4.69, 9.17) is 0 Å². The van der Waals surface area contributed by atoms with E-state index in [9.17, 15) is 14.7 Å². The third-order valence-electron chi connectivity index (χ3n) is 4.56. The number of carbonyl (C=O) groups is 1. The number of carbonyl (C=O) groups excluding carboxylic acids is 1. The number of thiophene rings is 2. The fraction of sp³-hybridized carbons (Fsp3) is 0.190. The minimum absolute atomic E-state index is 0.0549. The number of hydrogen-bond donors (Lipinski definition) is 2. The van der Waals surface area contributed by atoms with Gasteiger partial charge in [-0.2, -0.15) is 0 Å². The van der Waals surface area contributed by atoms with Crippen molar-refractivity contribution in [1.29, 1.82) is 0 Å². The molecule has 0 unspecified atom stereocenters. The maximum atomic E-state index is 12.9. The average Bonchev–Trinajstić information content (AvgIpc) is 3.38. The molecule has 4 aromatic rings. The molecule has 29 heavy (non-hydrogen) atoms. The molecule has 6 nitrogen and oxygen atoms in total. The number of phenolic OH excluding ortho intramolecular Hbond substituents is 1. The summed E-state index contributed by atoms with van der Waals surface area (Å²) in [4.78, 5) is 31.3. The maximum Gasteiger partial charge on any atom is 0.263 e. The van der Waals surface area contributed by atoms with Crippen LogP contribution in [0, 0.1) is 0 Å². The first-order valence-corrected chi connectivity index (χ1v) is 10.9. The Morgan fingerprint density at radius 1 is 1.17 bits per heavy atom. The molecular formula is C21H19N3O3S2. The van der Waals surface area contributed by atoms with E-state index in [1.165, 1.54) is 22.2 Å². The van der Waals surface area contributed by atoms with Gasteiger partial charge in [-0.05, 0) is 42.0 Å². The fourth-order valence-corrected chi connectivity index (χ4v) is 4.81. The Morgan fingerprint density at radius 2 is 2.00 bits per heavy atom. The van der Waals surface area contributed by atoms with E-state index in [0.717, 1.165) is 28.8 Å². The summed E-state index contributed by atoms with van der Waals surface area (Å²) in [5, 5.41) is 16.6. The molecule has 0 aliphatic carbocycles. The third kappa shape index (κ3) is 4.38. The molecule has 0 atom stereocenters. The number of aryl methyl sites for hydroxylation is 1. The van der Waals surface area contributed by atoms with Crippen molar-refractivity contribution in [2.75, 3.05) is 6.54 Å². The van der Waals surface area contributed by atoms with Gasteiger partial charge in [-0.1, -0.05) is 18.2 Å². The highest BCUT2D eigenvalue weighted by atomic mass is 32.1. The molecule has 0 spiro atoms. The Hall–Kier alpha value is -2.97. The summed E-state index contributed by atoms with van der Waals surface area (Å²) in [6.45, 7) is 0.462. The van der Waals surface area contributed by atoms with Crippen molar-refractivity contribution in [3.63, 3.8) is 0 Å². The van der Waals surface area contributed by atoms with Crippen molar-refractivity contribution in [3.05, 3.63) is 69.4 Å². The van der Waals surface area contributed by atoms with Gasteiger partial charge < -0.3 is 10.4 Å². The van der Waals surface area contributed by atoms with Crippen LogP contribution in [0.5, 0.6) is 5.75 Å². The zero-order chi connectivity index (χ0) is 20.2. The van der Waals surface area contributed by atoms with Crippen molar-refractivity contribution in [2.24, 2.45) is 0 Å². The summed E-state index contributed by atoms with van der Waals surface area (Å²) in [6, 6.07) is 11.0. The first-order chi connectivity index (χ1) is 14.1. The van der Waals surface area contributed by atoms with Crippen molar-refractivity contribution >= 4 is 38.8 Å². The molecule has 0 fully saturated rings. The van der Waals surface area contributed by atoms with Gasteiger partial charge in [0.05, 0.1) is 11.7 Å². The van der Waals surface area contributed by atoms with Crippen molar-refractivity contribution in [3.8, 4) is 16.2 Å². The van der Waals surface area contributed by atoms with Gasteiger partial charge in [0.15, 0.2) is 0 Å². The molecule has 0 saturated carbocycles. The normalized spacial score (nSPS) is 11.0. The summed E-state index contributed by atoms with van der Waals surface area (Å²) in [6.07, 6.45) is 3.01. The molecule has 0 aliphatic heterocycles. The number of nitrogens with one attached hydrogen (secondary N) is 1. The van der Waals surface area contributed by atoms with Crippen LogP contribution in [0.3, 0.4) is 0 Å². The minimum Gasteiger partial charge on any atom is -0.508 e. The topological polar surface area (TPSA) is 84.2 Å². The summed E-state index contributed by atoms with van der Waals surface area (Å²) in [5.41, 5.74) is 1.78. The molecule has 148 valence electrons. The SMILES string of the molecule is O=C(Cn1cnc2scc(-c3cccs3)c2c1=O)NCCCc1ccc(O)cc1. The number of amides is 1. The van der Waals surface area contributed by atoms with E-state index >= 15 is 0 Å². The predicted molar refractivity (Wildman–Crippen MR) is 117 cm³/mol. The second-order valence-electron chi connectivity index (χ2n) is 6.60. The van der Waals surface area contributed by atoms with Crippen LogP contribution in [-0.4, -0.2) is 27.1 Å². The number of benzene rings is 1.